The van der Waals surface area contributed by atoms with E-state index < -0.39 is 26.0 Å². The van der Waals surface area contributed by atoms with Crippen LogP contribution >= 0.6 is 15.9 Å². The number of aryl methyl sites for hydroxylation is 1. The Labute approximate surface area is 214 Å². The zero-order valence-corrected chi connectivity index (χ0v) is 22.7. The summed E-state index contributed by atoms with van der Waals surface area (Å²) >= 11 is 3.38. The Bertz CT molecular complexity index is 1250. The smallest absolute Gasteiger partial charge is 0.243 e. The molecule has 0 atom stereocenters. The molecule has 2 aromatic rings. The fourth-order valence-corrected chi connectivity index (χ4v) is 5.88. The van der Waals surface area contributed by atoms with Crippen molar-refractivity contribution in [2.24, 2.45) is 0 Å². The Morgan fingerprint density at radius 2 is 1.77 bits per heavy atom. The van der Waals surface area contributed by atoms with Crippen molar-refractivity contribution in [2.45, 2.75) is 11.8 Å². The number of halogens is 1. The van der Waals surface area contributed by atoms with Crippen molar-refractivity contribution in [3.8, 4) is 5.75 Å². The molecule has 0 saturated carbocycles. The normalized spacial score (nSPS) is 14.9. The maximum absolute atomic E-state index is 12.7. The van der Waals surface area contributed by atoms with Crippen molar-refractivity contribution in [1.82, 2.24) is 9.62 Å². The number of sulfonamides is 2. The van der Waals surface area contributed by atoms with Crippen LogP contribution in [0, 0.1) is 6.92 Å². The third-order valence-corrected chi connectivity index (χ3v) is 9.18. The van der Waals surface area contributed by atoms with Gasteiger partial charge in [-0.15, -0.1) is 0 Å². The summed E-state index contributed by atoms with van der Waals surface area (Å²) < 4.78 is 63.8. The highest BCUT2D eigenvalue weighted by Gasteiger charge is 2.26. The van der Waals surface area contributed by atoms with Gasteiger partial charge in [-0.25, -0.2) is 16.8 Å². The molecular weight excluding hydrogens is 562 g/mol. The lowest BCUT2D eigenvalue weighted by Crippen LogP contribution is -2.41. The highest BCUT2D eigenvalue weighted by molar-refractivity contribution is 9.10. The number of nitrogens with zero attached hydrogens (tertiary/aromatic N) is 2. The van der Waals surface area contributed by atoms with Gasteiger partial charge >= 0.3 is 0 Å². The van der Waals surface area contributed by atoms with Gasteiger partial charge in [0.1, 0.15) is 18.9 Å². The second-order valence-electron chi connectivity index (χ2n) is 7.89. The van der Waals surface area contributed by atoms with Crippen LogP contribution in [0.5, 0.6) is 5.75 Å². The molecule has 1 aliphatic rings. The van der Waals surface area contributed by atoms with Gasteiger partial charge in [0.05, 0.1) is 36.6 Å². The van der Waals surface area contributed by atoms with Gasteiger partial charge in [0, 0.05) is 17.6 Å². The molecule has 35 heavy (non-hydrogen) atoms. The van der Waals surface area contributed by atoms with Crippen LogP contribution in [0.25, 0.3) is 0 Å². The van der Waals surface area contributed by atoms with Gasteiger partial charge < -0.3 is 14.8 Å². The quantitative estimate of drug-likeness (QED) is 0.419. The van der Waals surface area contributed by atoms with Gasteiger partial charge in [-0.2, -0.15) is 4.31 Å². The van der Waals surface area contributed by atoms with Gasteiger partial charge in [-0.1, -0.05) is 15.9 Å². The standard InChI is InChI=1S/C22H28BrN3O7S2/c1-17-15-18(3-8-21(17)23)26(34(2,28)29)16-22(27)24-9-12-33-19-4-6-20(7-5-19)35(30,31)25-10-13-32-14-11-25/h3-8,15H,9-14,16H2,1-2H3,(H,24,27). The molecule has 192 valence electrons. The first-order chi connectivity index (χ1) is 16.5. The first-order valence-corrected chi connectivity index (χ1v) is 14.9. The molecule has 1 heterocycles. The van der Waals surface area contributed by atoms with Crippen LogP contribution in [0.2, 0.25) is 0 Å². The minimum atomic E-state index is -3.67. The average molecular weight is 591 g/mol. The number of hydrogen-bond acceptors (Lipinski definition) is 7. The van der Waals surface area contributed by atoms with Crippen molar-refractivity contribution in [2.75, 3.05) is 56.6 Å². The molecule has 13 heteroatoms. The van der Waals surface area contributed by atoms with Crippen LogP contribution in [-0.4, -0.2) is 79.3 Å². The molecule has 2 aromatic carbocycles. The number of carbonyl (C=O) groups is 1. The summed E-state index contributed by atoms with van der Waals surface area (Å²) in [5.41, 5.74) is 1.24. The van der Waals surface area contributed by atoms with Gasteiger partial charge in [-0.3, -0.25) is 9.10 Å². The average Bonchev–Trinajstić information content (AvgIpc) is 2.82. The molecule has 0 spiro atoms. The third-order valence-electron chi connectivity index (χ3n) is 5.24. The number of rotatable bonds is 10. The second-order valence-corrected chi connectivity index (χ2v) is 12.6. The van der Waals surface area contributed by atoms with Crippen LogP contribution in [0.3, 0.4) is 0 Å². The van der Waals surface area contributed by atoms with Crippen molar-refractivity contribution < 1.29 is 31.1 Å². The van der Waals surface area contributed by atoms with Gasteiger partial charge in [0.25, 0.3) is 0 Å². The number of ether oxygens (including phenoxy) is 2. The van der Waals surface area contributed by atoms with Crippen LogP contribution in [0.1, 0.15) is 5.56 Å². The Balaban J connectivity index is 1.50. The SMILES string of the molecule is Cc1cc(N(CC(=O)NCCOc2ccc(S(=O)(=O)N3CCOCC3)cc2)S(C)(=O)=O)ccc1Br. The fraction of sp³-hybridized carbons (Fsp3) is 0.409. The lowest BCUT2D eigenvalue weighted by atomic mass is 10.2. The molecule has 1 amide bonds. The molecular formula is C22H28BrN3O7S2. The summed E-state index contributed by atoms with van der Waals surface area (Å²) in [6, 6.07) is 11.1. The lowest BCUT2D eigenvalue weighted by molar-refractivity contribution is -0.119. The molecule has 1 aliphatic heterocycles. The van der Waals surface area contributed by atoms with E-state index in [2.05, 4.69) is 21.2 Å². The predicted molar refractivity (Wildman–Crippen MR) is 136 cm³/mol. The van der Waals surface area contributed by atoms with E-state index in [4.69, 9.17) is 9.47 Å². The highest BCUT2D eigenvalue weighted by Crippen LogP contribution is 2.24. The molecule has 0 bridgehead atoms. The molecule has 10 nitrogen and oxygen atoms in total. The summed E-state index contributed by atoms with van der Waals surface area (Å²) in [4.78, 5) is 12.6. The number of benzene rings is 2. The van der Waals surface area contributed by atoms with Crippen molar-refractivity contribution >= 4 is 47.6 Å². The molecule has 1 fully saturated rings. The first-order valence-electron chi connectivity index (χ1n) is 10.8. The number of morpholine rings is 1. The van der Waals surface area contributed by atoms with Crippen molar-refractivity contribution in [3.63, 3.8) is 0 Å². The topological polar surface area (TPSA) is 122 Å². The summed E-state index contributed by atoms with van der Waals surface area (Å²) in [7, 11) is -7.26. The van der Waals surface area contributed by atoms with Crippen LogP contribution < -0.4 is 14.4 Å². The molecule has 0 aromatic heterocycles. The maximum Gasteiger partial charge on any atom is 0.243 e. The highest BCUT2D eigenvalue weighted by atomic mass is 79.9. The zero-order valence-electron chi connectivity index (χ0n) is 19.4. The minimum absolute atomic E-state index is 0.123. The monoisotopic (exact) mass is 589 g/mol. The third kappa shape index (κ3) is 7.40. The first kappa shape index (κ1) is 27.4. The number of hydrogen-bond donors (Lipinski definition) is 1. The molecule has 3 rings (SSSR count). The number of nitrogens with one attached hydrogen (secondary N) is 1. The Morgan fingerprint density at radius 1 is 1.11 bits per heavy atom. The lowest BCUT2D eigenvalue weighted by Gasteiger charge is -2.26. The fourth-order valence-electron chi connectivity index (χ4n) is 3.37. The van der Waals surface area contributed by atoms with Gasteiger partial charge in [0.2, 0.25) is 26.0 Å². The molecule has 0 radical (unpaired) electrons. The van der Waals surface area contributed by atoms with Crippen molar-refractivity contribution in [3.05, 3.63) is 52.5 Å². The second kappa shape index (κ2) is 11.7. The molecule has 1 saturated heterocycles. The summed E-state index contributed by atoms with van der Waals surface area (Å²) in [6.45, 7) is 3.11. The summed E-state index contributed by atoms with van der Waals surface area (Å²) in [6.07, 6.45) is 1.05. The summed E-state index contributed by atoms with van der Waals surface area (Å²) in [5, 5.41) is 2.64. The van der Waals surface area contributed by atoms with E-state index >= 15 is 0 Å². The molecule has 1 N–H and O–H groups in total. The van der Waals surface area contributed by atoms with E-state index in [1.165, 1.54) is 16.4 Å². The van der Waals surface area contributed by atoms with E-state index in [0.717, 1.165) is 20.6 Å². The number of anilines is 1. The largest absolute Gasteiger partial charge is 0.492 e. The minimum Gasteiger partial charge on any atom is -0.492 e. The van der Waals surface area contributed by atoms with Crippen LogP contribution in [0.15, 0.2) is 51.8 Å². The maximum atomic E-state index is 12.7. The summed E-state index contributed by atoms with van der Waals surface area (Å²) in [5.74, 6) is -0.0326. The van der Waals surface area contributed by atoms with Gasteiger partial charge in [-0.05, 0) is 55.0 Å². The Kier molecular flexibility index (Phi) is 9.16. The van der Waals surface area contributed by atoms with E-state index in [1.54, 1.807) is 30.3 Å². The van der Waals surface area contributed by atoms with Crippen molar-refractivity contribution in [1.29, 1.82) is 0 Å². The van der Waals surface area contributed by atoms with E-state index in [-0.39, 0.29) is 24.6 Å². The van der Waals surface area contributed by atoms with E-state index in [0.29, 0.717) is 37.7 Å². The number of carbonyl (C=O) groups excluding carboxylic acids is 1. The predicted octanol–water partition coefficient (Wildman–Crippen LogP) is 1.74. The zero-order chi connectivity index (χ0) is 25.6. The van der Waals surface area contributed by atoms with E-state index in [9.17, 15) is 21.6 Å². The van der Waals surface area contributed by atoms with Crippen LogP contribution in [0.4, 0.5) is 5.69 Å². The number of amides is 1. The van der Waals surface area contributed by atoms with E-state index in [1.807, 2.05) is 6.92 Å². The van der Waals surface area contributed by atoms with Crippen LogP contribution in [-0.2, 0) is 29.6 Å². The molecule has 0 aliphatic carbocycles. The Hall–Kier alpha value is -2.19. The van der Waals surface area contributed by atoms with Gasteiger partial charge in [0.15, 0.2) is 0 Å². The Morgan fingerprint density at radius 3 is 2.37 bits per heavy atom. The molecule has 0 unspecified atom stereocenters.